The Morgan fingerprint density at radius 1 is 1.00 bits per heavy atom. The van der Waals surface area contributed by atoms with Crippen LogP contribution in [0, 0.1) is 0 Å². The van der Waals surface area contributed by atoms with Crippen LogP contribution in [-0.4, -0.2) is 27.9 Å². The van der Waals surface area contributed by atoms with E-state index in [1.807, 2.05) is 32.2 Å². The van der Waals surface area contributed by atoms with E-state index in [2.05, 4.69) is 4.72 Å². The lowest BCUT2D eigenvalue weighted by atomic mass is 10.3. The van der Waals surface area contributed by atoms with Crippen molar-refractivity contribution in [1.82, 2.24) is 0 Å². The molecule has 0 aliphatic rings. The molecule has 2 aromatic rings. The SMILES string of the molecule is CCOc1ccc(S(=O)(=O)Nc2ccccc2SC)cc1OCC. The van der Waals surface area contributed by atoms with Gasteiger partial charge < -0.3 is 9.47 Å². The number of rotatable bonds is 8. The molecule has 0 aliphatic heterocycles. The van der Waals surface area contributed by atoms with E-state index in [1.165, 1.54) is 23.9 Å². The van der Waals surface area contributed by atoms with Crippen LogP contribution < -0.4 is 14.2 Å². The van der Waals surface area contributed by atoms with Crippen molar-refractivity contribution in [3.05, 3.63) is 42.5 Å². The number of hydrogen-bond donors (Lipinski definition) is 1. The van der Waals surface area contributed by atoms with Crippen molar-refractivity contribution in [2.24, 2.45) is 0 Å². The summed E-state index contributed by atoms with van der Waals surface area (Å²) in [5, 5.41) is 0. The van der Waals surface area contributed by atoms with Crippen molar-refractivity contribution in [2.45, 2.75) is 23.6 Å². The van der Waals surface area contributed by atoms with Crippen molar-refractivity contribution in [3.8, 4) is 11.5 Å². The second-order valence-electron chi connectivity index (χ2n) is 4.78. The number of nitrogens with one attached hydrogen (secondary N) is 1. The average molecular weight is 367 g/mol. The molecule has 0 aliphatic carbocycles. The molecule has 0 saturated carbocycles. The molecule has 2 aromatic carbocycles. The number of thioether (sulfide) groups is 1. The van der Waals surface area contributed by atoms with Crippen LogP contribution >= 0.6 is 11.8 Å². The van der Waals surface area contributed by atoms with Crippen LogP contribution in [0.15, 0.2) is 52.3 Å². The molecule has 0 fully saturated rings. The summed E-state index contributed by atoms with van der Waals surface area (Å²) in [7, 11) is -3.72. The number of anilines is 1. The van der Waals surface area contributed by atoms with Gasteiger partial charge >= 0.3 is 0 Å². The molecule has 7 heteroatoms. The molecule has 0 heterocycles. The van der Waals surface area contributed by atoms with Crippen LogP contribution in [0.2, 0.25) is 0 Å². The first kappa shape index (κ1) is 18.5. The van der Waals surface area contributed by atoms with Gasteiger partial charge in [0, 0.05) is 11.0 Å². The second kappa shape index (κ2) is 8.30. The predicted molar refractivity (Wildman–Crippen MR) is 97.8 cm³/mol. The summed E-state index contributed by atoms with van der Waals surface area (Å²) in [6, 6.07) is 11.9. The van der Waals surface area contributed by atoms with E-state index >= 15 is 0 Å². The Morgan fingerprint density at radius 2 is 1.67 bits per heavy atom. The molecular formula is C17H21NO4S2. The molecule has 24 heavy (non-hydrogen) atoms. The first-order valence-corrected chi connectivity index (χ1v) is 10.3. The van der Waals surface area contributed by atoms with Gasteiger partial charge in [0.1, 0.15) is 0 Å². The molecule has 0 unspecified atom stereocenters. The highest BCUT2D eigenvalue weighted by molar-refractivity contribution is 7.99. The number of benzene rings is 2. The number of para-hydroxylation sites is 1. The first-order chi connectivity index (χ1) is 11.5. The van der Waals surface area contributed by atoms with Gasteiger partial charge in [0.25, 0.3) is 10.0 Å². The Kier molecular flexibility index (Phi) is 6.39. The van der Waals surface area contributed by atoms with Crippen molar-refractivity contribution in [2.75, 3.05) is 24.2 Å². The van der Waals surface area contributed by atoms with Gasteiger partial charge in [-0.25, -0.2) is 8.42 Å². The Bertz CT molecular complexity index is 791. The smallest absolute Gasteiger partial charge is 0.262 e. The van der Waals surface area contributed by atoms with Crippen LogP contribution in [0.3, 0.4) is 0 Å². The van der Waals surface area contributed by atoms with Crippen LogP contribution in [0.1, 0.15) is 13.8 Å². The van der Waals surface area contributed by atoms with Gasteiger partial charge in [0.15, 0.2) is 11.5 Å². The third-order valence-corrected chi connectivity index (χ3v) is 5.34. The summed E-state index contributed by atoms with van der Waals surface area (Å²) in [5.41, 5.74) is 0.553. The van der Waals surface area contributed by atoms with Crippen molar-refractivity contribution < 1.29 is 17.9 Å². The summed E-state index contributed by atoms with van der Waals surface area (Å²) < 4.78 is 39.0. The number of sulfonamides is 1. The molecule has 0 atom stereocenters. The van der Waals surface area contributed by atoms with Crippen LogP contribution in [-0.2, 0) is 10.0 Å². The zero-order valence-electron chi connectivity index (χ0n) is 13.9. The number of hydrogen-bond acceptors (Lipinski definition) is 5. The Labute approximate surface area is 147 Å². The fourth-order valence-corrected chi connectivity index (χ4v) is 3.84. The topological polar surface area (TPSA) is 64.6 Å². The normalized spacial score (nSPS) is 11.1. The Balaban J connectivity index is 2.36. The van der Waals surface area contributed by atoms with E-state index in [4.69, 9.17) is 9.47 Å². The zero-order valence-corrected chi connectivity index (χ0v) is 15.5. The van der Waals surface area contributed by atoms with Gasteiger partial charge in [0.2, 0.25) is 0 Å². The Morgan fingerprint density at radius 3 is 2.33 bits per heavy atom. The van der Waals surface area contributed by atoms with Crippen molar-refractivity contribution in [3.63, 3.8) is 0 Å². The maximum absolute atomic E-state index is 12.7. The number of ether oxygens (including phenoxy) is 2. The minimum Gasteiger partial charge on any atom is -0.490 e. The lowest BCUT2D eigenvalue weighted by Crippen LogP contribution is -2.14. The summed E-state index contributed by atoms with van der Waals surface area (Å²) in [6.07, 6.45) is 1.90. The highest BCUT2D eigenvalue weighted by Crippen LogP contribution is 2.32. The summed E-state index contributed by atoms with van der Waals surface area (Å²) in [5.74, 6) is 0.947. The first-order valence-electron chi connectivity index (χ1n) is 7.57. The van der Waals surface area contributed by atoms with Crippen molar-refractivity contribution >= 4 is 27.5 Å². The fraction of sp³-hybridized carbons (Fsp3) is 0.294. The summed E-state index contributed by atoms with van der Waals surface area (Å²) in [6.45, 7) is 4.60. The molecule has 2 rings (SSSR count). The third-order valence-electron chi connectivity index (χ3n) is 3.18. The molecule has 0 aromatic heterocycles. The second-order valence-corrected chi connectivity index (χ2v) is 7.31. The van der Waals surface area contributed by atoms with E-state index in [-0.39, 0.29) is 4.90 Å². The fourth-order valence-electron chi connectivity index (χ4n) is 2.13. The highest BCUT2D eigenvalue weighted by atomic mass is 32.2. The maximum Gasteiger partial charge on any atom is 0.262 e. The van der Waals surface area contributed by atoms with Gasteiger partial charge in [-0.1, -0.05) is 12.1 Å². The Hall–Kier alpha value is -1.86. The molecule has 1 N–H and O–H groups in total. The average Bonchev–Trinajstić information content (AvgIpc) is 2.57. The maximum atomic E-state index is 12.7. The van der Waals surface area contributed by atoms with Gasteiger partial charge in [-0.3, -0.25) is 4.72 Å². The monoisotopic (exact) mass is 367 g/mol. The molecule has 130 valence electrons. The molecule has 0 spiro atoms. The lowest BCUT2D eigenvalue weighted by molar-refractivity contribution is 0.287. The van der Waals surface area contributed by atoms with E-state index < -0.39 is 10.0 Å². The van der Waals surface area contributed by atoms with E-state index in [0.717, 1.165) is 4.90 Å². The summed E-state index contributed by atoms with van der Waals surface area (Å²) >= 11 is 1.48. The summed E-state index contributed by atoms with van der Waals surface area (Å²) in [4.78, 5) is 0.988. The molecular weight excluding hydrogens is 346 g/mol. The molecule has 0 saturated heterocycles. The third kappa shape index (κ3) is 4.36. The minimum atomic E-state index is -3.72. The predicted octanol–water partition coefficient (Wildman–Crippen LogP) is 4.01. The molecule has 0 radical (unpaired) electrons. The van der Waals surface area contributed by atoms with Gasteiger partial charge in [-0.15, -0.1) is 11.8 Å². The van der Waals surface area contributed by atoms with Crippen molar-refractivity contribution in [1.29, 1.82) is 0 Å². The van der Waals surface area contributed by atoms with Crippen LogP contribution in [0.5, 0.6) is 11.5 Å². The lowest BCUT2D eigenvalue weighted by Gasteiger charge is -2.14. The molecule has 5 nitrogen and oxygen atoms in total. The van der Waals surface area contributed by atoms with E-state index in [9.17, 15) is 8.42 Å². The van der Waals surface area contributed by atoms with E-state index in [0.29, 0.717) is 30.4 Å². The van der Waals surface area contributed by atoms with Gasteiger partial charge in [-0.05, 0) is 44.4 Å². The molecule has 0 bridgehead atoms. The standard InChI is InChI=1S/C17H21NO4S2/c1-4-21-15-11-10-13(12-16(15)22-5-2)24(19,20)18-14-8-6-7-9-17(14)23-3/h6-12,18H,4-5H2,1-3H3. The highest BCUT2D eigenvalue weighted by Gasteiger charge is 2.18. The van der Waals surface area contributed by atoms with Gasteiger partial charge in [-0.2, -0.15) is 0 Å². The van der Waals surface area contributed by atoms with Crippen LogP contribution in [0.25, 0.3) is 0 Å². The molecule has 0 amide bonds. The quantitative estimate of drug-likeness (QED) is 0.714. The largest absolute Gasteiger partial charge is 0.490 e. The van der Waals surface area contributed by atoms with E-state index in [1.54, 1.807) is 18.2 Å². The minimum absolute atomic E-state index is 0.130. The van der Waals surface area contributed by atoms with Crippen LogP contribution in [0.4, 0.5) is 5.69 Å². The van der Waals surface area contributed by atoms with Gasteiger partial charge in [0.05, 0.1) is 23.8 Å². The zero-order chi connectivity index (χ0) is 17.6.